The number of H-pyrrole nitrogens is 2. The second kappa shape index (κ2) is 8.44. The molecular formula is C30H19N7OS. The number of nitrogens with zero attached hydrogens (tertiary/aromatic N) is 5. The summed E-state index contributed by atoms with van der Waals surface area (Å²) < 4.78 is 2.77. The molecule has 0 unspecified atom stereocenters. The Bertz CT molecular complexity index is 2240. The maximum absolute atomic E-state index is 13.9. The number of rotatable bonds is 2. The number of hydrogen-bond acceptors (Lipinski definition) is 6. The van der Waals surface area contributed by atoms with Gasteiger partial charge in [0.2, 0.25) is 5.91 Å². The van der Waals surface area contributed by atoms with E-state index in [1.54, 1.807) is 34.5 Å². The molecule has 2 N–H and O–H groups in total. The molecule has 0 saturated heterocycles. The van der Waals surface area contributed by atoms with Crippen LogP contribution >= 0.6 is 11.3 Å². The van der Waals surface area contributed by atoms with Crippen LogP contribution in [0.3, 0.4) is 0 Å². The zero-order chi connectivity index (χ0) is 25.9. The van der Waals surface area contributed by atoms with E-state index in [1.165, 1.54) is 0 Å². The van der Waals surface area contributed by atoms with Gasteiger partial charge in [0.25, 0.3) is 0 Å². The van der Waals surface area contributed by atoms with Crippen LogP contribution in [-0.2, 0) is 6.42 Å². The minimum atomic E-state index is -0.0393. The zero-order valence-corrected chi connectivity index (χ0v) is 21.2. The van der Waals surface area contributed by atoms with Gasteiger partial charge >= 0.3 is 0 Å². The number of aromatic amines is 2. The van der Waals surface area contributed by atoms with E-state index < -0.39 is 0 Å². The van der Waals surface area contributed by atoms with Crippen LogP contribution in [0, 0.1) is 0 Å². The maximum Gasteiger partial charge on any atom is 0.236 e. The Hall–Kier alpha value is -5.15. The summed E-state index contributed by atoms with van der Waals surface area (Å²) in [5.41, 5.74) is 6.22. The highest BCUT2D eigenvalue weighted by molar-refractivity contribution is 7.24. The first-order chi connectivity index (χ1) is 19.2. The summed E-state index contributed by atoms with van der Waals surface area (Å²) in [5.74, 6) is -0.0393. The normalized spacial score (nSPS) is 11.8. The van der Waals surface area contributed by atoms with E-state index in [0.717, 1.165) is 53.5 Å². The molecule has 6 heterocycles. The summed E-state index contributed by atoms with van der Waals surface area (Å²) in [6, 6.07) is 23.9. The Morgan fingerprint density at radius 2 is 1.77 bits per heavy atom. The Kier molecular flexibility index (Phi) is 4.74. The Morgan fingerprint density at radius 3 is 2.69 bits per heavy atom. The highest BCUT2D eigenvalue weighted by atomic mass is 32.1. The number of imidazole rings is 1. The molecule has 4 aromatic heterocycles. The molecule has 8 rings (SSSR count). The van der Waals surface area contributed by atoms with Crippen molar-refractivity contribution in [1.29, 1.82) is 0 Å². The largest absolute Gasteiger partial charge is 0.295 e. The van der Waals surface area contributed by atoms with Gasteiger partial charge in [-0.05, 0) is 35.9 Å². The van der Waals surface area contributed by atoms with Gasteiger partial charge in [-0.1, -0.05) is 42.5 Å². The number of fused-ring (bicyclic) bond motifs is 9. The maximum atomic E-state index is 13.9. The predicted molar refractivity (Wildman–Crippen MR) is 155 cm³/mol. The number of pyridine rings is 2. The Balaban J connectivity index is 1.52. The Morgan fingerprint density at radius 1 is 0.872 bits per heavy atom. The molecule has 0 spiro atoms. The lowest BCUT2D eigenvalue weighted by atomic mass is 10.1. The van der Waals surface area contributed by atoms with E-state index >= 15 is 0 Å². The average Bonchev–Trinajstić information content (AvgIpc) is 3.71. The first-order valence-corrected chi connectivity index (χ1v) is 13.3. The molecule has 39 heavy (non-hydrogen) atoms. The number of nitrogens with one attached hydrogen (secondary N) is 2. The van der Waals surface area contributed by atoms with E-state index in [2.05, 4.69) is 20.2 Å². The summed E-state index contributed by atoms with van der Waals surface area (Å²) in [7, 11) is 0. The lowest BCUT2D eigenvalue weighted by Crippen LogP contribution is -2.14. The zero-order valence-electron chi connectivity index (χ0n) is 20.4. The summed E-state index contributed by atoms with van der Waals surface area (Å²) >= 11 is 1.55. The lowest BCUT2D eigenvalue weighted by molar-refractivity contribution is 0.0924. The van der Waals surface area contributed by atoms with Crippen LogP contribution in [0.4, 0.5) is 0 Å². The third-order valence-corrected chi connectivity index (χ3v) is 8.09. The molecule has 0 saturated carbocycles. The number of para-hydroxylation sites is 1. The smallest absolute Gasteiger partial charge is 0.236 e. The molecule has 2 aliphatic rings. The molecule has 186 valence electrons. The SMILES string of the molecule is O=C(Cc1ccccc1)n1c2cncc(c2)c2cnc3[nH][nH]c(c4nc5cccc(c6ccc1s6)c5n4)-c3c2. The van der Waals surface area contributed by atoms with Gasteiger partial charge in [0, 0.05) is 38.8 Å². The van der Waals surface area contributed by atoms with Gasteiger partial charge in [0.05, 0.1) is 29.2 Å². The molecule has 0 atom stereocenters. The van der Waals surface area contributed by atoms with Crippen molar-refractivity contribution in [2.45, 2.75) is 6.42 Å². The van der Waals surface area contributed by atoms with Crippen molar-refractivity contribution in [1.82, 2.24) is 34.7 Å². The molecule has 9 heteroatoms. The Labute approximate surface area is 224 Å². The summed E-state index contributed by atoms with van der Waals surface area (Å²) in [6.45, 7) is 0. The minimum Gasteiger partial charge on any atom is -0.295 e. The number of carbonyl (C=O) groups is 1. The third-order valence-electron chi connectivity index (χ3n) is 6.99. The van der Waals surface area contributed by atoms with Gasteiger partial charge in [-0.2, -0.15) is 0 Å². The van der Waals surface area contributed by atoms with Crippen molar-refractivity contribution in [2.24, 2.45) is 0 Å². The van der Waals surface area contributed by atoms with E-state index in [0.29, 0.717) is 16.8 Å². The summed E-state index contributed by atoms with van der Waals surface area (Å²) in [6.07, 6.45) is 5.59. The summed E-state index contributed by atoms with van der Waals surface area (Å²) in [5, 5.41) is 9.05. The third kappa shape index (κ3) is 3.55. The molecular weight excluding hydrogens is 506 g/mol. The minimum absolute atomic E-state index is 0.0393. The number of aromatic nitrogens is 7. The van der Waals surface area contributed by atoms with Crippen molar-refractivity contribution in [3.05, 3.63) is 97.0 Å². The van der Waals surface area contributed by atoms with Crippen LogP contribution in [0.15, 0.2) is 91.4 Å². The van der Waals surface area contributed by atoms with Gasteiger partial charge in [-0.25, -0.2) is 15.0 Å². The molecule has 8 nitrogen and oxygen atoms in total. The van der Waals surface area contributed by atoms with Crippen LogP contribution in [0.25, 0.3) is 64.8 Å². The van der Waals surface area contributed by atoms with E-state index in [9.17, 15) is 4.79 Å². The molecule has 0 radical (unpaired) electrons. The van der Waals surface area contributed by atoms with Crippen molar-refractivity contribution in [3.8, 4) is 11.3 Å². The fourth-order valence-electron chi connectivity index (χ4n) is 5.12. The molecule has 8 bridgehead atoms. The molecule has 0 aliphatic carbocycles. The lowest BCUT2D eigenvalue weighted by Gasteiger charge is -2.08. The molecule has 0 fully saturated rings. The van der Waals surface area contributed by atoms with Crippen LogP contribution in [0.1, 0.15) is 10.4 Å². The number of hydrogen-bond donors (Lipinski definition) is 2. The molecule has 6 aromatic rings. The van der Waals surface area contributed by atoms with Crippen molar-refractivity contribution in [3.63, 3.8) is 0 Å². The molecule has 0 amide bonds. The van der Waals surface area contributed by atoms with Crippen molar-refractivity contribution >= 4 is 70.8 Å². The summed E-state index contributed by atoms with van der Waals surface area (Å²) in [4.78, 5) is 33.7. The van der Waals surface area contributed by atoms with Crippen molar-refractivity contribution in [2.75, 3.05) is 0 Å². The van der Waals surface area contributed by atoms with E-state index in [1.807, 2.05) is 72.8 Å². The second-order valence-corrected chi connectivity index (χ2v) is 10.5. The van der Waals surface area contributed by atoms with Crippen LogP contribution in [-0.4, -0.2) is 40.6 Å². The molecule has 2 aliphatic heterocycles. The monoisotopic (exact) mass is 525 g/mol. The fraction of sp³-hybridized carbons (Fsp3) is 0.0333. The van der Waals surface area contributed by atoms with Crippen LogP contribution in [0.2, 0.25) is 0 Å². The highest BCUT2D eigenvalue weighted by Crippen LogP contribution is 2.32. The second-order valence-electron chi connectivity index (χ2n) is 9.43. The van der Waals surface area contributed by atoms with Gasteiger partial charge < -0.3 is 0 Å². The number of benzene rings is 2. The van der Waals surface area contributed by atoms with Crippen LogP contribution in [0.5, 0.6) is 0 Å². The van der Waals surface area contributed by atoms with Gasteiger partial charge in [0.15, 0.2) is 11.3 Å². The first-order valence-electron chi connectivity index (χ1n) is 12.5. The average molecular weight is 526 g/mol. The topological polar surface area (TPSA) is 105 Å². The number of carbonyl (C=O) groups excluding carboxylic acids is 1. The molecule has 2 aromatic carbocycles. The predicted octanol–water partition coefficient (Wildman–Crippen LogP) is 6.66. The van der Waals surface area contributed by atoms with E-state index in [4.69, 9.17) is 9.97 Å². The van der Waals surface area contributed by atoms with Gasteiger partial charge in [0.1, 0.15) is 10.5 Å². The number of thiophene rings is 1. The van der Waals surface area contributed by atoms with Crippen LogP contribution < -0.4 is 0 Å². The quantitative estimate of drug-likeness (QED) is 0.262. The van der Waals surface area contributed by atoms with Crippen molar-refractivity contribution < 1.29 is 4.79 Å². The van der Waals surface area contributed by atoms with Gasteiger partial charge in [-0.3, -0.25) is 24.5 Å². The first kappa shape index (κ1) is 21.9. The highest BCUT2D eigenvalue weighted by Gasteiger charge is 2.16. The van der Waals surface area contributed by atoms with Gasteiger partial charge in [-0.15, -0.1) is 11.3 Å². The fourth-order valence-corrected chi connectivity index (χ4v) is 6.19. The standard InChI is InChI=1S/C30H19N7OS/c38-25(11-17-5-2-1-3-6-17)37-20-12-18(14-31-16-20)19-13-22-28(35-36-29(22)32-15-19)30-33-23-8-4-7-21(27(23)34-30)24-9-10-26(37)39-24/h1-10,12-16,35H,11H2,(H,32,36). The van der Waals surface area contributed by atoms with E-state index in [-0.39, 0.29) is 12.3 Å².